The SMILES string of the molecule is N#C[C@@H]1CCCN1C(=O)CNC12CC3C[C@@H](C1)CC(OCCOCCN(C[C@H](O)[C@@H](O)[C@H](O)[C@H](O)CO)C[C@H](O)[C@@H](O)[C@H](O)[C@H](O)CO)(C3)C2. The van der Waals surface area contributed by atoms with Crippen molar-refractivity contribution in [3.8, 4) is 6.07 Å². The second-order valence-electron chi connectivity index (χ2n) is 15.0. The number of aliphatic hydroxyl groups excluding tert-OH is 10. The van der Waals surface area contributed by atoms with Gasteiger partial charge in [-0.2, -0.15) is 5.26 Å². The zero-order valence-corrected chi connectivity index (χ0v) is 28.6. The predicted molar refractivity (Wildman–Crippen MR) is 174 cm³/mol. The summed E-state index contributed by atoms with van der Waals surface area (Å²) in [7, 11) is 0. The third-order valence-corrected chi connectivity index (χ3v) is 11.1. The number of ether oxygens (including phenoxy) is 2. The number of hydrogen-bond donors (Lipinski definition) is 11. The van der Waals surface area contributed by atoms with Crippen molar-refractivity contribution < 1.29 is 65.3 Å². The Bertz CT molecular complexity index is 1070. The van der Waals surface area contributed by atoms with Gasteiger partial charge in [0, 0.05) is 31.7 Å². The average molecular weight is 719 g/mol. The minimum atomic E-state index is -1.87. The summed E-state index contributed by atoms with van der Waals surface area (Å²) in [5.41, 5.74) is -0.528. The molecule has 0 radical (unpaired) electrons. The molecule has 5 rings (SSSR count). The molecular weight excluding hydrogens is 660 g/mol. The van der Waals surface area contributed by atoms with Crippen molar-refractivity contribution in [2.24, 2.45) is 11.8 Å². The quantitative estimate of drug-likeness (QED) is 0.0470. The van der Waals surface area contributed by atoms with E-state index < -0.39 is 62.0 Å². The van der Waals surface area contributed by atoms with E-state index in [-0.39, 0.29) is 62.5 Å². The molecule has 288 valence electrons. The summed E-state index contributed by atoms with van der Waals surface area (Å²) in [5.74, 6) is 0.943. The van der Waals surface area contributed by atoms with Gasteiger partial charge in [0.1, 0.15) is 42.7 Å². The van der Waals surface area contributed by atoms with Gasteiger partial charge in [-0.3, -0.25) is 9.69 Å². The number of carbonyl (C=O) groups excluding carboxylic acids is 1. The fraction of sp³-hybridized carbons (Fsp3) is 0.939. The van der Waals surface area contributed by atoms with E-state index >= 15 is 0 Å². The van der Waals surface area contributed by atoms with Crippen LogP contribution in [0.4, 0.5) is 0 Å². The maximum atomic E-state index is 13.0. The fourth-order valence-corrected chi connectivity index (χ4v) is 8.86. The van der Waals surface area contributed by atoms with E-state index in [1.165, 1.54) is 4.90 Å². The molecule has 11 N–H and O–H groups in total. The highest BCUT2D eigenvalue weighted by molar-refractivity contribution is 5.79. The molecule has 3 unspecified atom stereocenters. The fourth-order valence-electron chi connectivity index (χ4n) is 8.86. The Labute approximate surface area is 292 Å². The van der Waals surface area contributed by atoms with Crippen molar-refractivity contribution >= 4 is 5.91 Å². The number of amides is 1. The summed E-state index contributed by atoms with van der Waals surface area (Å²) in [4.78, 5) is 16.0. The zero-order valence-electron chi connectivity index (χ0n) is 28.6. The van der Waals surface area contributed by atoms with E-state index in [1.54, 1.807) is 4.90 Å². The van der Waals surface area contributed by atoms with Gasteiger partial charge in [0.2, 0.25) is 5.91 Å². The summed E-state index contributed by atoms with van der Waals surface area (Å²) in [6.07, 6.45) is -6.92. The third-order valence-electron chi connectivity index (χ3n) is 11.1. The number of nitriles is 1. The monoisotopic (exact) mass is 718 g/mol. The molecular formula is C33H58N4O13. The van der Waals surface area contributed by atoms with E-state index in [0.29, 0.717) is 31.4 Å². The van der Waals surface area contributed by atoms with Crippen LogP contribution in [0.25, 0.3) is 0 Å². The number of hydrogen-bond acceptors (Lipinski definition) is 16. The molecule has 0 aromatic heterocycles. The van der Waals surface area contributed by atoms with Crippen molar-refractivity contribution in [2.45, 2.75) is 117 Å². The van der Waals surface area contributed by atoms with E-state index in [0.717, 1.165) is 44.9 Å². The highest BCUT2D eigenvalue weighted by Gasteiger charge is 2.58. The Morgan fingerprint density at radius 2 is 1.40 bits per heavy atom. The van der Waals surface area contributed by atoms with E-state index in [2.05, 4.69) is 11.4 Å². The van der Waals surface area contributed by atoms with Crippen LogP contribution in [-0.4, -0.2) is 199 Å². The molecule has 0 spiro atoms. The summed E-state index contributed by atoms with van der Waals surface area (Å²) < 4.78 is 12.3. The molecule has 4 saturated carbocycles. The predicted octanol–water partition coefficient (Wildman–Crippen LogP) is -4.61. The van der Waals surface area contributed by atoms with Crippen LogP contribution >= 0.6 is 0 Å². The van der Waals surface area contributed by atoms with E-state index in [4.69, 9.17) is 19.7 Å². The highest BCUT2D eigenvalue weighted by atomic mass is 16.5. The Hall–Kier alpha value is -1.60. The summed E-state index contributed by atoms with van der Waals surface area (Å²) in [6, 6.07) is 1.88. The first-order chi connectivity index (χ1) is 23.8. The lowest BCUT2D eigenvalue weighted by molar-refractivity contribution is -0.182. The van der Waals surface area contributed by atoms with Gasteiger partial charge in [-0.05, 0) is 63.2 Å². The van der Waals surface area contributed by atoms with Gasteiger partial charge in [-0.25, -0.2) is 0 Å². The minimum absolute atomic E-state index is 0.0378. The van der Waals surface area contributed by atoms with E-state index in [1.807, 2.05) is 0 Å². The van der Waals surface area contributed by atoms with Crippen LogP contribution in [0.1, 0.15) is 51.4 Å². The first-order valence-electron chi connectivity index (χ1n) is 17.8. The molecule has 4 bridgehead atoms. The third kappa shape index (κ3) is 10.3. The molecule has 13 atom stereocenters. The van der Waals surface area contributed by atoms with Crippen molar-refractivity contribution in [1.29, 1.82) is 5.26 Å². The van der Waals surface area contributed by atoms with Gasteiger partial charge in [0.05, 0.1) is 63.5 Å². The lowest BCUT2D eigenvalue weighted by atomic mass is 9.51. The van der Waals surface area contributed by atoms with Crippen LogP contribution in [0.15, 0.2) is 0 Å². The number of aliphatic hydroxyl groups is 10. The van der Waals surface area contributed by atoms with E-state index in [9.17, 15) is 50.9 Å². The Morgan fingerprint density at radius 3 is 1.94 bits per heavy atom. The molecule has 5 fully saturated rings. The molecule has 1 aliphatic heterocycles. The molecule has 1 saturated heterocycles. The van der Waals surface area contributed by atoms with Crippen molar-refractivity contribution in [3.05, 3.63) is 0 Å². The standard InChI is InChI=1S/C33H58N4O13/c34-13-22-2-1-3-37(22)27(44)14-35-32-9-20-8-21(10-32)12-33(11-20,19-32)50-7-6-49-5-4-36(15-23(40)28(45)30(47)25(42)17-38)16-24(41)29(46)31(48)26(43)18-39/h20-26,28-31,35,38-43,45-48H,1-12,14-19H2/t20-,21?,22-,23-,24-,25+,26+,28+,29+,30+,31+,32?,33?/m0/s1. The second kappa shape index (κ2) is 18.4. The number of rotatable bonds is 22. The van der Waals surface area contributed by atoms with Crippen LogP contribution in [0, 0.1) is 23.2 Å². The summed E-state index contributed by atoms with van der Waals surface area (Å²) >= 11 is 0. The van der Waals surface area contributed by atoms with Crippen LogP contribution in [0.5, 0.6) is 0 Å². The van der Waals surface area contributed by atoms with Crippen molar-refractivity contribution in [2.75, 3.05) is 65.8 Å². The lowest BCUT2D eigenvalue weighted by Gasteiger charge is -2.62. The number of likely N-dealkylation sites (tertiary alicyclic amines) is 1. The normalized spacial score (nSPS) is 32.4. The zero-order chi connectivity index (χ0) is 36.6. The second-order valence-corrected chi connectivity index (χ2v) is 15.0. The summed E-state index contributed by atoms with van der Waals surface area (Å²) in [5, 5.41) is 112. The van der Waals surface area contributed by atoms with Crippen LogP contribution in [-0.2, 0) is 14.3 Å². The lowest BCUT2D eigenvalue weighted by Crippen LogP contribution is -2.66. The molecule has 0 aromatic rings. The molecule has 17 heteroatoms. The summed E-state index contributed by atoms with van der Waals surface area (Å²) in [6.45, 7) is -1.04. The maximum Gasteiger partial charge on any atom is 0.237 e. The van der Waals surface area contributed by atoms with Gasteiger partial charge >= 0.3 is 0 Å². The molecule has 1 amide bonds. The van der Waals surface area contributed by atoms with Crippen LogP contribution < -0.4 is 5.32 Å². The van der Waals surface area contributed by atoms with Gasteiger partial charge in [0.15, 0.2) is 0 Å². The first-order valence-corrected chi connectivity index (χ1v) is 17.8. The molecule has 0 aromatic carbocycles. The molecule has 5 aliphatic rings. The Morgan fingerprint density at radius 1 is 0.840 bits per heavy atom. The minimum Gasteiger partial charge on any atom is -0.394 e. The molecule has 1 heterocycles. The van der Waals surface area contributed by atoms with Crippen LogP contribution in [0.3, 0.4) is 0 Å². The van der Waals surface area contributed by atoms with Gasteiger partial charge < -0.3 is 70.8 Å². The largest absolute Gasteiger partial charge is 0.394 e. The smallest absolute Gasteiger partial charge is 0.237 e. The van der Waals surface area contributed by atoms with Gasteiger partial charge in [-0.1, -0.05) is 0 Å². The number of carbonyl (C=O) groups is 1. The van der Waals surface area contributed by atoms with Gasteiger partial charge in [0.25, 0.3) is 0 Å². The van der Waals surface area contributed by atoms with Crippen LogP contribution in [0.2, 0.25) is 0 Å². The topological polar surface area (TPSA) is 280 Å². The van der Waals surface area contributed by atoms with Crippen molar-refractivity contribution in [3.63, 3.8) is 0 Å². The van der Waals surface area contributed by atoms with Crippen molar-refractivity contribution in [1.82, 2.24) is 15.1 Å². The molecule has 4 aliphatic carbocycles. The highest BCUT2D eigenvalue weighted by Crippen LogP contribution is 2.58. The molecule has 17 nitrogen and oxygen atoms in total. The number of nitrogens with zero attached hydrogens (tertiary/aromatic N) is 3. The maximum absolute atomic E-state index is 13.0. The number of nitrogens with one attached hydrogen (secondary N) is 1. The van der Waals surface area contributed by atoms with Gasteiger partial charge in [-0.15, -0.1) is 0 Å². The Kier molecular flexibility index (Phi) is 15.2. The Balaban J connectivity index is 1.27. The molecule has 50 heavy (non-hydrogen) atoms. The first kappa shape index (κ1) is 41.2. The average Bonchev–Trinajstić information content (AvgIpc) is 3.58.